The Balaban J connectivity index is 1.97. The number of hydrogen-bond donors (Lipinski definition) is 1. The second-order valence-corrected chi connectivity index (χ2v) is 7.16. The van der Waals surface area contributed by atoms with E-state index in [4.69, 9.17) is 4.74 Å². The number of carbonyl (C=O) groups is 2. The van der Waals surface area contributed by atoms with Crippen LogP contribution in [0.15, 0.2) is 41.3 Å². The van der Waals surface area contributed by atoms with Crippen LogP contribution in [0, 0.1) is 17.5 Å². The van der Waals surface area contributed by atoms with Crippen LogP contribution in [0.25, 0.3) is 0 Å². The molecular weight excluding hydrogens is 375 g/mol. The highest BCUT2D eigenvalue weighted by Gasteiger charge is 2.17. The molecule has 0 bridgehead atoms. The van der Waals surface area contributed by atoms with E-state index in [0.717, 1.165) is 12.3 Å². The van der Waals surface area contributed by atoms with Gasteiger partial charge in [0.05, 0.1) is 16.1 Å². The highest BCUT2D eigenvalue weighted by molar-refractivity contribution is 7.90. The van der Waals surface area contributed by atoms with Gasteiger partial charge < -0.3 is 10.1 Å². The zero-order chi connectivity index (χ0) is 19.5. The van der Waals surface area contributed by atoms with Crippen molar-refractivity contribution in [2.24, 2.45) is 0 Å². The highest BCUT2D eigenvalue weighted by Crippen LogP contribution is 2.19. The maximum Gasteiger partial charge on any atom is 0.338 e. The summed E-state index contributed by atoms with van der Waals surface area (Å²) in [6, 6.07) is 6.24. The molecule has 0 unspecified atom stereocenters. The van der Waals surface area contributed by atoms with Crippen LogP contribution in [0.3, 0.4) is 0 Å². The Bertz CT molecular complexity index is 959. The predicted octanol–water partition coefficient (Wildman–Crippen LogP) is 2.30. The second-order valence-electron chi connectivity index (χ2n) is 5.14. The van der Waals surface area contributed by atoms with Crippen molar-refractivity contribution in [3.8, 4) is 0 Å². The zero-order valence-electron chi connectivity index (χ0n) is 13.3. The fourth-order valence-corrected chi connectivity index (χ4v) is 2.49. The minimum absolute atomic E-state index is 0.000560. The highest BCUT2D eigenvalue weighted by atomic mass is 32.2. The van der Waals surface area contributed by atoms with Gasteiger partial charge in [-0.1, -0.05) is 0 Å². The topological polar surface area (TPSA) is 89.5 Å². The van der Waals surface area contributed by atoms with Crippen molar-refractivity contribution in [1.29, 1.82) is 0 Å². The molecule has 1 amide bonds. The molecule has 0 atom stereocenters. The number of esters is 1. The summed E-state index contributed by atoms with van der Waals surface area (Å²) in [5.41, 5.74) is -0.619. The third kappa shape index (κ3) is 4.60. The Hall–Kier alpha value is -2.88. The van der Waals surface area contributed by atoms with E-state index in [1.54, 1.807) is 0 Å². The van der Waals surface area contributed by atoms with Crippen LogP contribution in [0.4, 0.5) is 18.9 Å². The molecule has 0 saturated carbocycles. The van der Waals surface area contributed by atoms with Crippen molar-refractivity contribution >= 4 is 27.4 Å². The molecule has 0 radical (unpaired) electrons. The zero-order valence-corrected chi connectivity index (χ0v) is 14.1. The van der Waals surface area contributed by atoms with Crippen molar-refractivity contribution in [3.63, 3.8) is 0 Å². The Kier molecular flexibility index (Phi) is 5.66. The standard InChI is InChI=1S/C16H12F3NO5S/c1-26(23,24)10-4-2-9(3-5-10)16(22)25-8-13(21)20-12-7-6-11(17)14(18)15(12)19/h2-7H,8H2,1H3,(H,20,21). The number of amides is 1. The SMILES string of the molecule is CS(=O)(=O)c1ccc(C(=O)OCC(=O)Nc2ccc(F)c(F)c2F)cc1. The Labute approximate surface area is 146 Å². The van der Waals surface area contributed by atoms with E-state index in [0.29, 0.717) is 6.07 Å². The van der Waals surface area contributed by atoms with Gasteiger partial charge in [0, 0.05) is 6.26 Å². The molecule has 0 aliphatic carbocycles. The molecule has 10 heteroatoms. The Morgan fingerprint density at radius 3 is 2.19 bits per heavy atom. The summed E-state index contributed by atoms with van der Waals surface area (Å²) in [6.45, 7) is -0.814. The molecule has 0 fully saturated rings. The van der Waals surface area contributed by atoms with Crippen LogP contribution in [0.5, 0.6) is 0 Å². The van der Waals surface area contributed by atoms with Crippen LogP contribution in [-0.4, -0.2) is 33.2 Å². The fraction of sp³-hybridized carbons (Fsp3) is 0.125. The first kappa shape index (κ1) is 19.4. The molecule has 1 N–H and O–H groups in total. The number of anilines is 1. The normalized spacial score (nSPS) is 11.1. The first-order chi connectivity index (χ1) is 12.1. The van der Waals surface area contributed by atoms with Gasteiger partial charge in [-0.3, -0.25) is 4.79 Å². The van der Waals surface area contributed by atoms with E-state index >= 15 is 0 Å². The molecule has 26 heavy (non-hydrogen) atoms. The molecule has 0 aliphatic heterocycles. The molecule has 2 rings (SSSR count). The summed E-state index contributed by atoms with van der Waals surface area (Å²) in [4.78, 5) is 23.4. The van der Waals surface area contributed by atoms with E-state index in [9.17, 15) is 31.2 Å². The van der Waals surface area contributed by atoms with Gasteiger partial charge in [-0.15, -0.1) is 0 Å². The molecule has 0 heterocycles. The fourth-order valence-electron chi connectivity index (χ4n) is 1.86. The lowest BCUT2D eigenvalue weighted by molar-refractivity contribution is -0.119. The largest absolute Gasteiger partial charge is 0.452 e. The molecule has 2 aromatic carbocycles. The monoisotopic (exact) mass is 387 g/mol. The third-order valence-corrected chi connectivity index (χ3v) is 4.29. The van der Waals surface area contributed by atoms with Crippen molar-refractivity contribution < 1.29 is 35.9 Å². The van der Waals surface area contributed by atoms with Gasteiger partial charge in [0.15, 0.2) is 33.9 Å². The lowest BCUT2D eigenvalue weighted by Gasteiger charge is -2.08. The minimum atomic E-state index is -3.43. The maximum atomic E-state index is 13.4. The smallest absolute Gasteiger partial charge is 0.338 e. The average molecular weight is 387 g/mol. The van der Waals surface area contributed by atoms with Gasteiger partial charge >= 0.3 is 5.97 Å². The molecule has 6 nitrogen and oxygen atoms in total. The van der Waals surface area contributed by atoms with Gasteiger partial charge in [-0.25, -0.2) is 26.4 Å². The summed E-state index contributed by atoms with van der Waals surface area (Å²) in [6.07, 6.45) is 1.00. The van der Waals surface area contributed by atoms with E-state index in [-0.39, 0.29) is 10.5 Å². The molecule has 2 aromatic rings. The van der Waals surface area contributed by atoms with Gasteiger partial charge in [0.1, 0.15) is 0 Å². The Morgan fingerprint density at radius 1 is 1.00 bits per heavy atom. The summed E-state index contributed by atoms with van der Waals surface area (Å²) >= 11 is 0. The van der Waals surface area contributed by atoms with Crippen LogP contribution < -0.4 is 5.32 Å². The number of benzene rings is 2. The minimum Gasteiger partial charge on any atom is -0.452 e. The number of hydrogen-bond acceptors (Lipinski definition) is 5. The number of sulfone groups is 1. The van der Waals surface area contributed by atoms with Crippen molar-refractivity contribution in [2.75, 3.05) is 18.2 Å². The first-order valence-electron chi connectivity index (χ1n) is 7.00. The maximum absolute atomic E-state index is 13.4. The summed E-state index contributed by atoms with van der Waals surface area (Å²) < 4.78 is 66.6. The molecule has 138 valence electrons. The second kappa shape index (κ2) is 7.56. The van der Waals surface area contributed by atoms with Crippen LogP contribution in [0.2, 0.25) is 0 Å². The van der Waals surface area contributed by atoms with Gasteiger partial charge in [0.2, 0.25) is 0 Å². The summed E-state index contributed by atoms with van der Waals surface area (Å²) in [5.74, 6) is -6.64. The number of halogens is 3. The summed E-state index contributed by atoms with van der Waals surface area (Å²) in [7, 11) is -3.43. The van der Waals surface area contributed by atoms with Crippen LogP contribution in [0.1, 0.15) is 10.4 Å². The van der Waals surface area contributed by atoms with Gasteiger partial charge in [-0.05, 0) is 36.4 Å². The van der Waals surface area contributed by atoms with E-state index in [2.05, 4.69) is 0 Å². The van der Waals surface area contributed by atoms with Crippen molar-refractivity contribution in [2.45, 2.75) is 4.90 Å². The summed E-state index contributed by atoms with van der Waals surface area (Å²) in [5, 5.41) is 1.94. The van der Waals surface area contributed by atoms with Crippen LogP contribution in [-0.2, 0) is 19.4 Å². The van der Waals surface area contributed by atoms with E-state index in [1.165, 1.54) is 24.3 Å². The quantitative estimate of drug-likeness (QED) is 0.628. The number of nitrogens with one attached hydrogen (secondary N) is 1. The first-order valence-corrected chi connectivity index (χ1v) is 8.89. The molecule has 0 spiro atoms. The lowest BCUT2D eigenvalue weighted by atomic mass is 10.2. The Morgan fingerprint density at radius 2 is 1.62 bits per heavy atom. The van der Waals surface area contributed by atoms with E-state index in [1.807, 2.05) is 5.32 Å². The molecule has 0 aliphatic rings. The number of rotatable bonds is 5. The van der Waals surface area contributed by atoms with Crippen LogP contribution >= 0.6 is 0 Å². The van der Waals surface area contributed by atoms with Gasteiger partial charge in [0.25, 0.3) is 5.91 Å². The molecule has 0 saturated heterocycles. The number of ether oxygens (including phenoxy) is 1. The third-order valence-electron chi connectivity index (χ3n) is 3.16. The van der Waals surface area contributed by atoms with Crippen molar-refractivity contribution in [3.05, 3.63) is 59.4 Å². The number of carbonyl (C=O) groups excluding carboxylic acids is 2. The molecular formula is C16H12F3NO5S. The lowest BCUT2D eigenvalue weighted by Crippen LogP contribution is -2.21. The predicted molar refractivity (Wildman–Crippen MR) is 84.8 cm³/mol. The molecule has 0 aromatic heterocycles. The van der Waals surface area contributed by atoms with Crippen molar-refractivity contribution in [1.82, 2.24) is 0 Å². The van der Waals surface area contributed by atoms with Gasteiger partial charge in [-0.2, -0.15) is 0 Å². The average Bonchev–Trinajstić information content (AvgIpc) is 2.59. The van der Waals surface area contributed by atoms with E-state index < -0.39 is 51.5 Å².